The molecule has 0 amide bonds. The average Bonchev–Trinajstić information content (AvgIpc) is 2.15. The molecule has 5 heteroatoms. The SMILES string of the molecule is [N-]=[N+]=NCC=Cc1ccc(N)cc1F. The summed E-state index contributed by atoms with van der Waals surface area (Å²) in [5.74, 6) is -0.387. The van der Waals surface area contributed by atoms with Crippen LogP contribution in [0.4, 0.5) is 10.1 Å². The zero-order valence-electron chi connectivity index (χ0n) is 7.39. The van der Waals surface area contributed by atoms with E-state index >= 15 is 0 Å². The lowest BCUT2D eigenvalue weighted by atomic mass is 10.2. The molecular weight excluding hydrogens is 183 g/mol. The minimum absolute atomic E-state index is 0.209. The highest BCUT2D eigenvalue weighted by molar-refractivity contribution is 5.54. The lowest BCUT2D eigenvalue weighted by Crippen LogP contribution is -1.88. The standard InChI is InChI=1S/C9H9FN4/c10-9-6-8(11)4-3-7(9)2-1-5-13-14-12/h1-4,6H,5,11H2. The predicted octanol–water partition coefficient (Wildman–Crippen LogP) is 2.73. The lowest BCUT2D eigenvalue weighted by molar-refractivity contribution is 0.626. The molecule has 0 saturated carbocycles. The van der Waals surface area contributed by atoms with Gasteiger partial charge < -0.3 is 5.73 Å². The Balaban J connectivity index is 2.76. The van der Waals surface area contributed by atoms with Crippen molar-refractivity contribution >= 4 is 11.8 Å². The number of nitrogens with zero attached hydrogens (tertiary/aromatic N) is 3. The van der Waals surface area contributed by atoms with Gasteiger partial charge in [0.15, 0.2) is 0 Å². The summed E-state index contributed by atoms with van der Waals surface area (Å²) >= 11 is 0. The van der Waals surface area contributed by atoms with Gasteiger partial charge in [0.1, 0.15) is 5.82 Å². The quantitative estimate of drug-likeness (QED) is 0.340. The number of hydrogen-bond donors (Lipinski definition) is 1. The van der Waals surface area contributed by atoms with Crippen molar-refractivity contribution in [1.29, 1.82) is 0 Å². The maximum Gasteiger partial charge on any atom is 0.132 e. The molecule has 0 fully saturated rings. The van der Waals surface area contributed by atoms with E-state index in [1.165, 1.54) is 6.07 Å². The van der Waals surface area contributed by atoms with Crippen molar-refractivity contribution in [2.45, 2.75) is 0 Å². The molecule has 1 aromatic rings. The zero-order chi connectivity index (χ0) is 10.4. The van der Waals surface area contributed by atoms with E-state index in [-0.39, 0.29) is 12.4 Å². The van der Waals surface area contributed by atoms with Gasteiger partial charge in [-0.25, -0.2) is 4.39 Å². The van der Waals surface area contributed by atoms with E-state index < -0.39 is 0 Å². The van der Waals surface area contributed by atoms with Gasteiger partial charge in [0, 0.05) is 22.7 Å². The van der Waals surface area contributed by atoms with Gasteiger partial charge in [0.05, 0.1) is 0 Å². The molecule has 72 valence electrons. The summed E-state index contributed by atoms with van der Waals surface area (Å²) in [7, 11) is 0. The minimum Gasteiger partial charge on any atom is -0.399 e. The van der Waals surface area contributed by atoms with Crippen LogP contribution in [-0.2, 0) is 0 Å². The summed E-state index contributed by atoms with van der Waals surface area (Å²) < 4.78 is 13.1. The van der Waals surface area contributed by atoms with Crippen LogP contribution < -0.4 is 5.73 Å². The van der Waals surface area contributed by atoms with Gasteiger partial charge >= 0.3 is 0 Å². The van der Waals surface area contributed by atoms with Crippen molar-refractivity contribution in [2.24, 2.45) is 5.11 Å². The van der Waals surface area contributed by atoms with Crippen LogP contribution >= 0.6 is 0 Å². The molecule has 0 saturated heterocycles. The smallest absolute Gasteiger partial charge is 0.132 e. The summed E-state index contributed by atoms with van der Waals surface area (Å²) in [5, 5.41) is 3.28. The third-order valence-electron chi connectivity index (χ3n) is 1.57. The van der Waals surface area contributed by atoms with Gasteiger partial charge in [0.2, 0.25) is 0 Å². The summed E-state index contributed by atoms with van der Waals surface area (Å²) in [6.45, 7) is 0.209. The van der Waals surface area contributed by atoms with Gasteiger partial charge in [-0.15, -0.1) is 0 Å². The Morgan fingerprint density at radius 1 is 1.57 bits per heavy atom. The molecule has 0 spiro atoms. The first-order chi connectivity index (χ1) is 6.74. The topological polar surface area (TPSA) is 74.8 Å². The fourth-order valence-electron chi connectivity index (χ4n) is 0.942. The number of nitrogens with two attached hydrogens (primary N) is 1. The Bertz CT molecular complexity index is 394. The molecule has 0 aliphatic carbocycles. The molecule has 1 rings (SSSR count). The van der Waals surface area contributed by atoms with Gasteiger partial charge in [-0.1, -0.05) is 23.3 Å². The summed E-state index contributed by atoms with van der Waals surface area (Å²) in [6.07, 6.45) is 3.12. The number of azide groups is 1. The average molecular weight is 192 g/mol. The molecular formula is C9H9FN4. The summed E-state index contributed by atoms with van der Waals surface area (Å²) in [5.41, 5.74) is 14.2. The molecule has 0 aliphatic rings. The van der Waals surface area contributed by atoms with Crippen LogP contribution in [0.1, 0.15) is 5.56 Å². The number of nitrogen functional groups attached to an aromatic ring is 1. The van der Waals surface area contributed by atoms with E-state index in [1.54, 1.807) is 24.3 Å². The maximum absolute atomic E-state index is 13.1. The van der Waals surface area contributed by atoms with Crippen LogP contribution in [0.3, 0.4) is 0 Å². The minimum atomic E-state index is -0.387. The summed E-state index contributed by atoms with van der Waals surface area (Å²) in [6, 6.07) is 4.42. The highest BCUT2D eigenvalue weighted by Crippen LogP contribution is 2.12. The second-order valence-electron chi connectivity index (χ2n) is 2.60. The fourth-order valence-corrected chi connectivity index (χ4v) is 0.942. The second-order valence-corrected chi connectivity index (χ2v) is 2.60. The molecule has 14 heavy (non-hydrogen) atoms. The first-order valence-electron chi connectivity index (χ1n) is 3.96. The highest BCUT2D eigenvalue weighted by Gasteiger charge is 1.97. The van der Waals surface area contributed by atoms with E-state index in [1.807, 2.05) is 0 Å². The number of hydrogen-bond acceptors (Lipinski definition) is 2. The number of anilines is 1. The molecule has 1 aromatic carbocycles. The molecule has 0 heterocycles. The first-order valence-corrected chi connectivity index (χ1v) is 3.96. The monoisotopic (exact) mass is 192 g/mol. The Hall–Kier alpha value is -2.00. The fraction of sp³-hybridized carbons (Fsp3) is 0.111. The molecule has 0 bridgehead atoms. The van der Waals surface area contributed by atoms with Crippen molar-refractivity contribution in [3.05, 3.63) is 46.1 Å². The molecule has 0 aromatic heterocycles. The van der Waals surface area contributed by atoms with Gasteiger partial charge in [0.25, 0.3) is 0 Å². The second kappa shape index (κ2) is 4.89. The van der Waals surface area contributed by atoms with E-state index in [4.69, 9.17) is 11.3 Å². The van der Waals surface area contributed by atoms with Crippen molar-refractivity contribution in [2.75, 3.05) is 12.3 Å². The van der Waals surface area contributed by atoms with Crippen molar-refractivity contribution in [1.82, 2.24) is 0 Å². The van der Waals surface area contributed by atoms with Gasteiger partial charge in [-0.05, 0) is 17.7 Å². The van der Waals surface area contributed by atoms with E-state index in [0.717, 1.165) is 0 Å². The Morgan fingerprint density at radius 3 is 3.00 bits per heavy atom. The molecule has 0 aliphatic heterocycles. The number of rotatable bonds is 3. The number of benzene rings is 1. The Morgan fingerprint density at radius 2 is 2.36 bits per heavy atom. The highest BCUT2D eigenvalue weighted by atomic mass is 19.1. The molecule has 0 atom stereocenters. The van der Waals surface area contributed by atoms with Crippen molar-refractivity contribution < 1.29 is 4.39 Å². The van der Waals surface area contributed by atoms with E-state index in [2.05, 4.69) is 10.0 Å². The number of halogens is 1. The molecule has 4 nitrogen and oxygen atoms in total. The van der Waals surface area contributed by atoms with Gasteiger partial charge in [-0.3, -0.25) is 0 Å². The van der Waals surface area contributed by atoms with Crippen molar-refractivity contribution in [3.63, 3.8) is 0 Å². The van der Waals surface area contributed by atoms with Crippen LogP contribution in [0.2, 0.25) is 0 Å². The van der Waals surface area contributed by atoms with E-state index in [0.29, 0.717) is 11.3 Å². The molecule has 0 unspecified atom stereocenters. The van der Waals surface area contributed by atoms with Crippen LogP contribution in [-0.4, -0.2) is 6.54 Å². The van der Waals surface area contributed by atoms with Crippen LogP contribution in [0.25, 0.3) is 16.5 Å². The van der Waals surface area contributed by atoms with Crippen LogP contribution in [0, 0.1) is 5.82 Å². The van der Waals surface area contributed by atoms with Crippen molar-refractivity contribution in [3.8, 4) is 0 Å². The normalized spacial score (nSPS) is 10.1. The third-order valence-corrected chi connectivity index (χ3v) is 1.57. The first kappa shape index (κ1) is 10.1. The zero-order valence-corrected chi connectivity index (χ0v) is 7.39. The van der Waals surface area contributed by atoms with Gasteiger partial charge in [-0.2, -0.15) is 0 Å². The molecule has 0 radical (unpaired) electrons. The van der Waals surface area contributed by atoms with Crippen LogP contribution in [0.15, 0.2) is 29.4 Å². The van der Waals surface area contributed by atoms with E-state index in [9.17, 15) is 4.39 Å². The lowest BCUT2D eigenvalue weighted by Gasteiger charge is -1.97. The predicted molar refractivity (Wildman–Crippen MR) is 53.9 cm³/mol. The maximum atomic E-state index is 13.1. The van der Waals surface area contributed by atoms with Crippen LogP contribution in [0.5, 0.6) is 0 Å². The largest absolute Gasteiger partial charge is 0.399 e. The molecule has 2 N–H and O–H groups in total. The summed E-state index contributed by atoms with van der Waals surface area (Å²) in [4.78, 5) is 2.56. The Labute approximate surface area is 80.5 Å². The third kappa shape index (κ3) is 2.80. The Kier molecular flexibility index (Phi) is 3.52.